The van der Waals surface area contributed by atoms with Crippen molar-refractivity contribution in [1.82, 2.24) is 0 Å². The van der Waals surface area contributed by atoms with Gasteiger partial charge in [0.25, 0.3) is 0 Å². The van der Waals surface area contributed by atoms with Crippen LogP contribution in [0.25, 0.3) is 0 Å². The number of nitriles is 1. The number of hydrogen-bond acceptors (Lipinski definition) is 1. The predicted molar refractivity (Wildman–Crippen MR) is 54.8 cm³/mol. The van der Waals surface area contributed by atoms with Gasteiger partial charge in [-0.25, -0.2) is 0 Å². The van der Waals surface area contributed by atoms with Crippen LogP contribution in [0.5, 0.6) is 0 Å². The van der Waals surface area contributed by atoms with Gasteiger partial charge in [-0.2, -0.15) is 5.26 Å². The van der Waals surface area contributed by atoms with E-state index in [0.717, 1.165) is 10.6 Å². The first-order valence-electron chi connectivity index (χ1n) is 4.28. The van der Waals surface area contributed by atoms with Crippen LogP contribution in [-0.2, 0) is 0 Å². The lowest BCUT2D eigenvalue weighted by atomic mass is 9.94. The highest BCUT2D eigenvalue weighted by molar-refractivity contribution is 6.31. The summed E-state index contributed by atoms with van der Waals surface area (Å²) in [5.41, 5.74) is 2.26. The Morgan fingerprint density at radius 1 is 1.54 bits per heavy atom. The van der Waals surface area contributed by atoms with Crippen LogP contribution in [-0.4, -0.2) is 0 Å². The molecule has 0 aliphatic carbocycles. The lowest BCUT2D eigenvalue weighted by molar-refractivity contribution is 0.782. The minimum Gasteiger partial charge on any atom is -0.198 e. The summed E-state index contributed by atoms with van der Waals surface area (Å²) < 4.78 is 0. The van der Waals surface area contributed by atoms with Gasteiger partial charge < -0.3 is 0 Å². The molecule has 1 atom stereocenters. The SMILES string of the molecule is Cc1c(Cl)cccc1C(C)CC#N. The van der Waals surface area contributed by atoms with Gasteiger partial charge in [0.05, 0.1) is 6.07 Å². The summed E-state index contributed by atoms with van der Waals surface area (Å²) >= 11 is 5.98. The van der Waals surface area contributed by atoms with E-state index in [1.54, 1.807) is 0 Å². The van der Waals surface area contributed by atoms with Crippen LogP contribution >= 0.6 is 11.6 Å². The molecule has 1 nitrogen and oxygen atoms in total. The lowest BCUT2D eigenvalue weighted by Crippen LogP contribution is -1.95. The molecule has 0 heterocycles. The Hall–Kier alpha value is -1.00. The van der Waals surface area contributed by atoms with Crippen LogP contribution in [0.2, 0.25) is 5.02 Å². The van der Waals surface area contributed by atoms with Crippen molar-refractivity contribution >= 4 is 11.6 Å². The number of halogens is 1. The van der Waals surface area contributed by atoms with E-state index < -0.39 is 0 Å². The molecule has 0 radical (unpaired) electrons. The Kier molecular flexibility index (Phi) is 3.33. The molecule has 1 aromatic carbocycles. The van der Waals surface area contributed by atoms with E-state index >= 15 is 0 Å². The van der Waals surface area contributed by atoms with Gasteiger partial charge in [-0.05, 0) is 30.0 Å². The van der Waals surface area contributed by atoms with Crippen molar-refractivity contribution in [2.45, 2.75) is 26.2 Å². The molecule has 0 fully saturated rings. The first kappa shape index (κ1) is 10.1. The molecule has 0 saturated carbocycles. The van der Waals surface area contributed by atoms with E-state index in [0.29, 0.717) is 6.42 Å². The molecule has 0 bridgehead atoms. The second kappa shape index (κ2) is 4.30. The fourth-order valence-electron chi connectivity index (χ4n) is 1.40. The Morgan fingerprint density at radius 3 is 2.85 bits per heavy atom. The average Bonchev–Trinajstić information content (AvgIpc) is 2.10. The molecule has 0 aromatic heterocycles. The summed E-state index contributed by atoms with van der Waals surface area (Å²) in [5, 5.41) is 9.36. The second-order valence-corrected chi connectivity index (χ2v) is 3.62. The van der Waals surface area contributed by atoms with Crippen LogP contribution in [0.4, 0.5) is 0 Å². The molecule has 0 N–H and O–H groups in total. The highest BCUT2D eigenvalue weighted by Crippen LogP contribution is 2.26. The molecule has 0 aliphatic heterocycles. The highest BCUT2D eigenvalue weighted by Gasteiger charge is 2.09. The number of nitrogens with zero attached hydrogens (tertiary/aromatic N) is 1. The van der Waals surface area contributed by atoms with E-state index in [1.807, 2.05) is 32.0 Å². The molecule has 1 unspecified atom stereocenters. The minimum atomic E-state index is 0.267. The first-order chi connectivity index (χ1) is 6.16. The molecule has 0 aliphatic rings. The van der Waals surface area contributed by atoms with Crippen LogP contribution < -0.4 is 0 Å². The summed E-state index contributed by atoms with van der Waals surface area (Å²) in [5.74, 6) is 0.267. The molecular weight excluding hydrogens is 182 g/mol. The zero-order chi connectivity index (χ0) is 9.84. The molecule has 0 spiro atoms. The third-order valence-electron chi connectivity index (χ3n) is 2.24. The Morgan fingerprint density at radius 2 is 2.23 bits per heavy atom. The van der Waals surface area contributed by atoms with Crippen molar-refractivity contribution in [3.63, 3.8) is 0 Å². The summed E-state index contributed by atoms with van der Waals surface area (Å²) in [4.78, 5) is 0. The molecule has 68 valence electrons. The molecule has 0 saturated heterocycles. The normalized spacial score (nSPS) is 12.2. The summed E-state index contributed by atoms with van der Waals surface area (Å²) in [6, 6.07) is 8.00. The largest absolute Gasteiger partial charge is 0.198 e. The van der Waals surface area contributed by atoms with Gasteiger partial charge in [-0.3, -0.25) is 0 Å². The maximum absolute atomic E-state index is 8.58. The quantitative estimate of drug-likeness (QED) is 0.703. The van der Waals surface area contributed by atoms with Gasteiger partial charge in [0.2, 0.25) is 0 Å². The van der Waals surface area contributed by atoms with Gasteiger partial charge in [0.15, 0.2) is 0 Å². The molecule has 0 amide bonds. The van der Waals surface area contributed by atoms with Crippen LogP contribution in [0.15, 0.2) is 18.2 Å². The third-order valence-corrected chi connectivity index (χ3v) is 2.65. The van der Waals surface area contributed by atoms with Crippen molar-refractivity contribution in [3.8, 4) is 6.07 Å². The topological polar surface area (TPSA) is 23.8 Å². The number of benzene rings is 1. The van der Waals surface area contributed by atoms with Gasteiger partial charge in [0, 0.05) is 11.4 Å². The summed E-state index contributed by atoms with van der Waals surface area (Å²) in [6.45, 7) is 4.04. The summed E-state index contributed by atoms with van der Waals surface area (Å²) in [6.07, 6.45) is 0.543. The van der Waals surface area contributed by atoms with Crippen LogP contribution in [0, 0.1) is 18.3 Å². The maximum Gasteiger partial charge on any atom is 0.0628 e. The third kappa shape index (κ3) is 2.23. The Labute approximate surface area is 84.0 Å². The standard InChI is InChI=1S/C11H12ClN/c1-8(6-7-13)10-4-3-5-11(12)9(10)2/h3-5,8H,6H2,1-2H3. The van der Waals surface area contributed by atoms with Crippen LogP contribution in [0.3, 0.4) is 0 Å². The van der Waals surface area contributed by atoms with Crippen molar-refractivity contribution < 1.29 is 0 Å². The van der Waals surface area contributed by atoms with Gasteiger partial charge in [-0.15, -0.1) is 0 Å². The first-order valence-corrected chi connectivity index (χ1v) is 4.66. The number of hydrogen-bond donors (Lipinski definition) is 0. The smallest absolute Gasteiger partial charge is 0.0628 e. The molecule has 1 aromatic rings. The monoisotopic (exact) mass is 193 g/mol. The van der Waals surface area contributed by atoms with Gasteiger partial charge in [0.1, 0.15) is 0 Å². The fourth-order valence-corrected chi connectivity index (χ4v) is 1.59. The predicted octanol–water partition coefficient (Wildman–Crippen LogP) is 3.67. The van der Waals surface area contributed by atoms with E-state index in [1.165, 1.54) is 5.56 Å². The van der Waals surface area contributed by atoms with Gasteiger partial charge >= 0.3 is 0 Å². The van der Waals surface area contributed by atoms with E-state index in [2.05, 4.69) is 6.07 Å². The molecule has 1 rings (SSSR count). The molecular formula is C11H12ClN. The van der Waals surface area contributed by atoms with Crippen molar-refractivity contribution in [3.05, 3.63) is 34.3 Å². The van der Waals surface area contributed by atoms with E-state index in [9.17, 15) is 0 Å². The Bertz CT molecular complexity index is 338. The van der Waals surface area contributed by atoms with E-state index in [4.69, 9.17) is 16.9 Å². The second-order valence-electron chi connectivity index (χ2n) is 3.22. The zero-order valence-corrected chi connectivity index (χ0v) is 8.60. The van der Waals surface area contributed by atoms with E-state index in [-0.39, 0.29) is 5.92 Å². The maximum atomic E-state index is 8.58. The highest BCUT2D eigenvalue weighted by atomic mass is 35.5. The van der Waals surface area contributed by atoms with Crippen molar-refractivity contribution in [2.75, 3.05) is 0 Å². The van der Waals surface area contributed by atoms with Crippen molar-refractivity contribution in [1.29, 1.82) is 5.26 Å². The minimum absolute atomic E-state index is 0.267. The fraction of sp³-hybridized carbons (Fsp3) is 0.364. The Balaban J connectivity index is 3.02. The van der Waals surface area contributed by atoms with Crippen molar-refractivity contribution in [2.24, 2.45) is 0 Å². The molecule has 2 heteroatoms. The van der Waals surface area contributed by atoms with Gasteiger partial charge in [-0.1, -0.05) is 30.7 Å². The number of rotatable bonds is 2. The average molecular weight is 194 g/mol. The summed E-state index contributed by atoms with van der Waals surface area (Å²) in [7, 11) is 0. The lowest BCUT2D eigenvalue weighted by Gasteiger charge is -2.11. The molecule has 13 heavy (non-hydrogen) atoms. The van der Waals surface area contributed by atoms with Crippen LogP contribution in [0.1, 0.15) is 30.4 Å². The zero-order valence-electron chi connectivity index (χ0n) is 7.84.